The molecule has 184 valence electrons. The number of fused-ring (bicyclic) bond motifs is 1. The lowest BCUT2D eigenvalue weighted by Gasteiger charge is -2.37. The Morgan fingerprint density at radius 3 is 2.57 bits per heavy atom. The number of likely N-dealkylation sites (tertiary alicyclic amines) is 1. The van der Waals surface area contributed by atoms with E-state index in [0.717, 1.165) is 48.5 Å². The van der Waals surface area contributed by atoms with Crippen LogP contribution in [0.25, 0.3) is 0 Å². The van der Waals surface area contributed by atoms with Crippen molar-refractivity contribution in [2.45, 2.75) is 44.9 Å². The minimum absolute atomic E-state index is 0.00311. The number of amides is 1. The molecule has 35 heavy (non-hydrogen) atoms. The fraction of sp³-hybridized carbons (Fsp3) is 0.481. The van der Waals surface area contributed by atoms with Crippen molar-refractivity contribution in [3.63, 3.8) is 0 Å². The van der Waals surface area contributed by atoms with Crippen molar-refractivity contribution >= 4 is 11.6 Å². The van der Waals surface area contributed by atoms with Crippen molar-refractivity contribution < 1.29 is 23.7 Å². The van der Waals surface area contributed by atoms with E-state index in [1.807, 2.05) is 18.2 Å². The lowest BCUT2D eigenvalue weighted by Crippen LogP contribution is -2.48. The van der Waals surface area contributed by atoms with Gasteiger partial charge in [-0.15, -0.1) is 0 Å². The molecule has 0 unspecified atom stereocenters. The van der Waals surface area contributed by atoms with Gasteiger partial charge < -0.3 is 18.9 Å². The van der Waals surface area contributed by atoms with Crippen LogP contribution in [0.1, 0.15) is 47.6 Å². The van der Waals surface area contributed by atoms with E-state index in [1.54, 1.807) is 5.01 Å². The molecule has 1 atom stereocenters. The third-order valence-electron chi connectivity index (χ3n) is 7.43. The van der Waals surface area contributed by atoms with Crippen LogP contribution in [0, 0.1) is 13.8 Å². The fourth-order valence-electron chi connectivity index (χ4n) is 5.52. The zero-order valence-corrected chi connectivity index (χ0v) is 20.3. The molecule has 8 nitrogen and oxygen atoms in total. The number of carbonyl (C=O) groups is 1. The van der Waals surface area contributed by atoms with Gasteiger partial charge >= 0.3 is 0 Å². The zero-order valence-electron chi connectivity index (χ0n) is 20.3. The van der Waals surface area contributed by atoms with Crippen molar-refractivity contribution in [3.8, 4) is 11.5 Å². The molecule has 1 amide bonds. The van der Waals surface area contributed by atoms with Crippen LogP contribution in [0.4, 0.5) is 0 Å². The Balaban J connectivity index is 1.24. The van der Waals surface area contributed by atoms with Crippen molar-refractivity contribution in [1.82, 2.24) is 9.91 Å². The Hall–Kier alpha value is -2.94. The molecule has 0 saturated carbocycles. The number of ether oxygens (including phenoxy) is 4. The number of carbonyl (C=O) groups excluding carboxylic acids is 1. The zero-order chi connectivity index (χ0) is 24.0. The molecule has 0 aromatic heterocycles. The maximum atomic E-state index is 13.6. The summed E-state index contributed by atoms with van der Waals surface area (Å²) in [5.74, 6) is 0.999. The minimum atomic E-state index is -0.448. The quantitative estimate of drug-likeness (QED) is 0.671. The van der Waals surface area contributed by atoms with Crippen LogP contribution in [0.15, 0.2) is 41.5 Å². The first-order valence-corrected chi connectivity index (χ1v) is 12.4. The van der Waals surface area contributed by atoms with Crippen LogP contribution in [-0.2, 0) is 14.3 Å². The van der Waals surface area contributed by atoms with Crippen molar-refractivity contribution in [2.75, 3.05) is 39.6 Å². The second kappa shape index (κ2) is 8.93. The van der Waals surface area contributed by atoms with Crippen LogP contribution >= 0.6 is 0 Å². The summed E-state index contributed by atoms with van der Waals surface area (Å²) in [7, 11) is 0. The minimum Gasteiger partial charge on any atom is -0.454 e. The van der Waals surface area contributed by atoms with E-state index in [-0.39, 0.29) is 18.7 Å². The maximum absolute atomic E-state index is 13.6. The van der Waals surface area contributed by atoms with Crippen molar-refractivity contribution in [3.05, 3.63) is 58.7 Å². The third-order valence-corrected chi connectivity index (χ3v) is 7.43. The number of nitrogens with zero attached hydrogens (tertiary/aromatic N) is 3. The second-order valence-electron chi connectivity index (χ2n) is 9.82. The van der Waals surface area contributed by atoms with Gasteiger partial charge in [0.1, 0.15) is 0 Å². The summed E-state index contributed by atoms with van der Waals surface area (Å²) in [5, 5.41) is 6.57. The number of benzene rings is 2. The molecule has 4 aliphatic heterocycles. The highest BCUT2D eigenvalue weighted by Gasteiger charge is 2.41. The first-order chi connectivity index (χ1) is 17.0. The maximum Gasteiger partial charge on any atom is 0.257 e. The van der Waals surface area contributed by atoms with Gasteiger partial charge in [0.15, 0.2) is 17.3 Å². The van der Waals surface area contributed by atoms with E-state index in [2.05, 4.69) is 36.9 Å². The SMILES string of the molecule is Cc1ccc(C2=NN(C(=O)CN3CCC4(CC3)OCCO4)[C@@H](c3ccc4c(c3)OCO4)C2)c(C)c1. The van der Waals surface area contributed by atoms with E-state index in [4.69, 9.17) is 24.0 Å². The summed E-state index contributed by atoms with van der Waals surface area (Å²) in [6.07, 6.45) is 2.21. The molecule has 8 heteroatoms. The molecule has 2 saturated heterocycles. The molecule has 2 aromatic carbocycles. The standard InChI is InChI=1S/C27H31N3O5/c1-18-3-5-21(19(2)13-18)22-15-23(20-4-6-24-25(14-20)33-17-32-24)30(28-22)26(31)16-29-9-7-27(8-10-29)34-11-12-35-27/h3-6,13-14,23H,7-12,15-17H2,1-2H3/t23-/m1/s1. The molecule has 2 aromatic rings. The van der Waals surface area contributed by atoms with Crippen LogP contribution < -0.4 is 9.47 Å². The number of hydrogen-bond donors (Lipinski definition) is 0. The van der Waals surface area contributed by atoms with E-state index in [1.165, 1.54) is 11.1 Å². The monoisotopic (exact) mass is 477 g/mol. The Morgan fingerprint density at radius 1 is 1.03 bits per heavy atom. The highest BCUT2D eigenvalue weighted by molar-refractivity contribution is 6.04. The first kappa shape index (κ1) is 22.5. The normalized spacial score (nSPS) is 23.2. The molecular formula is C27H31N3O5. The second-order valence-corrected chi connectivity index (χ2v) is 9.82. The highest BCUT2D eigenvalue weighted by Crippen LogP contribution is 2.40. The molecule has 6 rings (SSSR count). The number of aryl methyl sites for hydroxylation is 2. The van der Waals surface area contributed by atoms with Gasteiger partial charge in [0.25, 0.3) is 5.91 Å². The summed E-state index contributed by atoms with van der Waals surface area (Å²) >= 11 is 0. The highest BCUT2D eigenvalue weighted by atomic mass is 16.7. The smallest absolute Gasteiger partial charge is 0.257 e. The van der Waals surface area contributed by atoms with Gasteiger partial charge in [-0.3, -0.25) is 9.69 Å². The number of piperidine rings is 1. The summed E-state index contributed by atoms with van der Waals surface area (Å²) < 4.78 is 22.8. The Labute approximate surface area is 205 Å². The average Bonchev–Trinajstić information content (AvgIpc) is 3.60. The number of hydrazone groups is 1. The average molecular weight is 478 g/mol. The Morgan fingerprint density at radius 2 is 1.80 bits per heavy atom. The van der Waals surface area contributed by atoms with E-state index in [9.17, 15) is 4.79 Å². The molecule has 0 aliphatic carbocycles. The molecule has 4 heterocycles. The van der Waals surface area contributed by atoms with Gasteiger partial charge in [0.05, 0.1) is 31.5 Å². The van der Waals surface area contributed by atoms with Gasteiger partial charge in [-0.2, -0.15) is 5.10 Å². The number of hydrogen-bond acceptors (Lipinski definition) is 7. The largest absolute Gasteiger partial charge is 0.454 e. The first-order valence-electron chi connectivity index (χ1n) is 12.4. The van der Waals surface area contributed by atoms with Gasteiger partial charge in [0, 0.05) is 37.9 Å². The van der Waals surface area contributed by atoms with Crippen LogP contribution in [-0.4, -0.2) is 67.0 Å². The number of rotatable bonds is 4. The molecule has 0 radical (unpaired) electrons. The molecule has 1 spiro atoms. The Kier molecular flexibility index (Phi) is 5.75. The molecule has 0 N–H and O–H groups in total. The van der Waals surface area contributed by atoms with Gasteiger partial charge in [-0.25, -0.2) is 5.01 Å². The molecular weight excluding hydrogens is 446 g/mol. The molecule has 2 fully saturated rings. The van der Waals surface area contributed by atoms with Crippen molar-refractivity contribution in [2.24, 2.45) is 5.10 Å². The van der Waals surface area contributed by atoms with Gasteiger partial charge in [-0.1, -0.05) is 29.8 Å². The van der Waals surface area contributed by atoms with E-state index in [0.29, 0.717) is 31.9 Å². The molecule has 4 aliphatic rings. The third kappa shape index (κ3) is 4.30. The van der Waals surface area contributed by atoms with E-state index >= 15 is 0 Å². The topological polar surface area (TPSA) is 72.8 Å². The predicted molar refractivity (Wildman–Crippen MR) is 130 cm³/mol. The fourth-order valence-corrected chi connectivity index (χ4v) is 5.52. The van der Waals surface area contributed by atoms with Gasteiger partial charge in [0.2, 0.25) is 6.79 Å². The Bertz CT molecular complexity index is 1160. The summed E-state index contributed by atoms with van der Waals surface area (Å²) in [6.45, 7) is 7.56. The lowest BCUT2D eigenvalue weighted by atomic mass is 9.95. The lowest BCUT2D eigenvalue weighted by molar-refractivity contribution is -0.186. The van der Waals surface area contributed by atoms with Crippen LogP contribution in [0.2, 0.25) is 0 Å². The molecule has 0 bridgehead atoms. The van der Waals surface area contributed by atoms with Crippen LogP contribution in [0.5, 0.6) is 11.5 Å². The summed E-state index contributed by atoms with van der Waals surface area (Å²) in [4.78, 5) is 15.8. The van der Waals surface area contributed by atoms with Gasteiger partial charge in [-0.05, 0) is 37.1 Å². The predicted octanol–water partition coefficient (Wildman–Crippen LogP) is 3.55. The summed E-state index contributed by atoms with van der Waals surface area (Å²) in [5.41, 5.74) is 5.40. The van der Waals surface area contributed by atoms with E-state index < -0.39 is 5.79 Å². The van der Waals surface area contributed by atoms with Crippen LogP contribution in [0.3, 0.4) is 0 Å². The summed E-state index contributed by atoms with van der Waals surface area (Å²) in [6, 6.07) is 12.1. The van der Waals surface area contributed by atoms with Crippen molar-refractivity contribution in [1.29, 1.82) is 0 Å².